The number of rotatable bonds is 4. The zero-order chi connectivity index (χ0) is 22.2. The normalized spacial score (nSPS) is 18.8. The lowest BCUT2D eigenvalue weighted by Gasteiger charge is -2.28. The molecule has 32 heavy (non-hydrogen) atoms. The van der Waals surface area contributed by atoms with Crippen LogP contribution in [0.3, 0.4) is 0 Å². The molecule has 2 aliphatic rings. The number of pyridine rings is 1. The lowest BCUT2D eigenvalue weighted by Crippen LogP contribution is -2.36. The van der Waals surface area contributed by atoms with E-state index in [0.717, 1.165) is 47.2 Å². The first-order valence-electron chi connectivity index (χ1n) is 11.0. The van der Waals surface area contributed by atoms with Gasteiger partial charge in [-0.05, 0) is 57.0 Å². The number of hydrogen-bond donors (Lipinski definition) is 1. The van der Waals surface area contributed by atoms with Crippen LogP contribution in [0, 0.1) is 6.92 Å². The number of anilines is 2. The second-order valence-corrected chi connectivity index (χ2v) is 8.51. The maximum absolute atomic E-state index is 12.8. The number of benzene rings is 1. The number of aryl methyl sites for hydroxylation is 1. The molecular weight excluding hydrogens is 404 g/mol. The quantitative estimate of drug-likeness (QED) is 0.684. The van der Waals surface area contributed by atoms with Crippen LogP contribution in [0.1, 0.15) is 42.4 Å². The monoisotopic (exact) mass is 430 g/mol. The summed E-state index contributed by atoms with van der Waals surface area (Å²) in [7, 11) is 1.77. The zero-order valence-corrected chi connectivity index (χ0v) is 18.3. The molecule has 0 unspecified atom stereocenters. The highest BCUT2D eigenvalue weighted by Crippen LogP contribution is 2.34. The van der Waals surface area contributed by atoms with Crippen molar-refractivity contribution < 1.29 is 9.59 Å². The number of carbonyl (C=O) groups is 2. The molecule has 8 nitrogen and oxygen atoms in total. The van der Waals surface area contributed by atoms with Gasteiger partial charge >= 0.3 is 0 Å². The van der Waals surface area contributed by atoms with Crippen LogP contribution in [0.25, 0.3) is 10.9 Å². The summed E-state index contributed by atoms with van der Waals surface area (Å²) in [6, 6.07) is 9.55. The molecule has 5 rings (SSSR count). The first-order chi connectivity index (χ1) is 15.5. The summed E-state index contributed by atoms with van der Waals surface area (Å²) in [6.45, 7) is 3.06. The molecule has 0 spiro atoms. The third-order valence-electron chi connectivity index (χ3n) is 6.39. The molecule has 0 bridgehead atoms. The molecule has 1 atom stereocenters. The summed E-state index contributed by atoms with van der Waals surface area (Å²) in [5.74, 6) is 1.42. The van der Waals surface area contributed by atoms with Crippen molar-refractivity contribution in [2.24, 2.45) is 0 Å². The van der Waals surface area contributed by atoms with Crippen molar-refractivity contribution in [2.75, 3.05) is 30.4 Å². The third-order valence-corrected chi connectivity index (χ3v) is 6.39. The number of amides is 2. The maximum Gasteiger partial charge on any atom is 0.238 e. The van der Waals surface area contributed by atoms with E-state index in [4.69, 9.17) is 9.97 Å². The predicted molar refractivity (Wildman–Crippen MR) is 122 cm³/mol. The van der Waals surface area contributed by atoms with Gasteiger partial charge in [-0.25, -0.2) is 9.97 Å². The minimum Gasteiger partial charge on any atom is -0.325 e. The second kappa shape index (κ2) is 8.27. The fraction of sp³-hybridized carbons (Fsp3) is 0.375. The summed E-state index contributed by atoms with van der Waals surface area (Å²) >= 11 is 0. The SMILES string of the molecule is Cc1nc([C@@H]2CCCN2CC(=O)Nc2ccc3ncccc3c2)nc2c1CCC(=O)N2C. The maximum atomic E-state index is 12.8. The minimum absolute atomic E-state index is 0.0315. The number of nitrogens with one attached hydrogen (secondary N) is 1. The van der Waals surface area contributed by atoms with Crippen LogP contribution >= 0.6 is 0 Å². The molecule has 1 saturated heterocycles. The predicted octanol–water partition coefficient (Wildman–Crippen LogP) is 3.02. The van der Waals surface area contributed by atoms with Crippen LogP contribution in [0.4, 0.5) is 11.5 Å². The van der Waals surface area contributed by atoms with E-state index in [1.54, 1.807) is 18.1 Å². The number of aromatic nitrogens is 3. The summed E-state index contributed by atoms with van der Waals surface area (Å²) < 4.78 is 0. The highest BCUT2D eigenvalue weighted by Gasteiger charge is 2.32. The standard InChI is InChI=1S/C24H26N6O2/c1-15-18-8-10-22(32)29(2)24(18)28-23(26-15)20-6-4-12-30(20)14-21(31)27-17-7-9-19-16(13-17)5-3-11-25-19/h3,5,7,9,11,13,20H,4,6,8,10,12,14H2,1-2H3,(H,27,31)/t20-/m0/s1. The van der Waals surface area contributed by atoms with E-state index in [9.17, 15) is 9.59 Å². The molecule has 3 aromatic rings. The van der Waals surface area contributed by atoms with Gasteiger partial charge in [-0.2, -0.15) is 0 Å². The molecule has 1 N–H and O–H groups in total. The van der Waals surface area contributed by atoms with Gasteiger partial charge in [0.1, 0.15) is 11.6 Å². The van der Waals surface area contributed by atoms with Crippen LogP contribution in [-0.4, -0.2) is 51.8 Å². The van der Waals surface area contributed by atoms with Crippen molar-refractivity contribution in [1.82, 2.24) is 19.9 Å². The molecule has 2 aromatic heterocycles. The molecule has 0 saturated carbocycles. The molecule has 1 fully saturated rings. The van der Waals surface area contributed by atoms with Gasteiger partial charge < -0.3 is 5.32 Å². The van der Waals surface area contributed by atoms with E-state index >= 15 is 0 Å². The molecule has 1 aromatic carbocycles. The average molecular weight is 431 g/mol. The summed E-state index contributed by atoms with van der Waals surface area (Å²) in [4.78, 5) is 42.6. The van der Waals surface area contributed by atoms with E-state index < -0.39 is 0 Å². The van der Waals surface area contributed by atoms with Crippen molar-refractivity contribution in [3.05, 3.63) is 53.6 Å². The van der Waals surface area contributed by atoms with Crippen molar-refractivity contribution in [3.8, 4) is 0 Å². The smallest absolute Gasteiger partial charge is 0.238 e. The highest BCUT2D eigenvalue weighted by atomic mass is 16.2. The Labute approximate surface area is 186 Å². The Balaban J connectivity index is 1.33. The van der Waals surface area contributed by atoms with E-state index in [1.165, 1.54) is 0 Å². The Kier molecular flexibility index (Phi) is 5.30. The summed E-state index contributed by atoms with van der Waals surface area (Å²) in [5, 5.41) is 3.99. The van der Waals surface area contributed by atoms with Gasteiger partial charge in [0.25, 0.3) is 0 Å². The van der Waals surface area contributed by atoms with E-state index in [2.05, 4.69) is 15.2 Å². The molecule has 4 heterocycles. The van der Waals surface area contributed by atoms with E-state index in [1.807, 2.05) is 37.3 Å². The first kappa shape index (κ1) is 20.5. The average Bonchev–Trinajstić information content (AvgIpc) is 3.24. The number of nitrogens with zero attached hydrogens (tertiary/aromatic N) is 5. The lowest BCUT2D eigenvalue weighted by atomic mass is 10.0. The Hall–Kier alpha value is -3.39. The van der Waals surface area contributed by atoms with E-state index in [0.29, 0.717) is 24.5 Å². The van der Waals surface area contributed by atoms with Gasteiger partial charge in [-0.15, -0.1) is 0 Å². The van der Waals surface area contributed by atoms with Crippen molar-refractivity contribution in [1.29, 1.82) is 0 Å². The molecule has 164 valence electrons. The van der Waals surface area contributed by atoms with Crippen LogP contribution in [-0.2, 0) is 16.0 Å². The number of fused-ring (bicyclic) bond motifs is 2. The first-order valence-corrected chi connectivity index (χ1v) is 11.0. The topological polar surface area (TPSA) is 91.3 Å². The molecule has 2 amide bonds. The molecular formula is C24H26N6O2. The molecule has 2 aliphatic heterocycles. The summed E-state index contributed by atoms with van der Waals surface area (Å²) in [5.41, 5.74) is 3.62. The van der Waals surface area contributed by atoms with Crippen LogP contribution < -0.4 is 10.2 Å². The Morgan fingerprint density at radius 3 is 2.97 bits per heavy atom. The summed E-state index contributed by atoms with van der Waals surface area (Å²) in [6.07, 6.45) is 4.81. The second-order valence-electron chi connectivity index (χ2n) is 8.51. The van der Waals surface area contributed by atoms with Gasteiger partial charge in [0.05, 0.1) is 18.1 Å². The molecule has 0 radical (unpaired) electrons. The van der Waals surface area contributed by atoms with Gasteiger partial charge in [0.2, 0.25) is 11.8 Å². The molecule has 8 heteroatoms. The van der Waals surface area contributed by atoms with Gasteiger partial charge in [0.15, 0.2) is 0 Å². The van der Waals surface area contributed by atoms with Crippen LogP contribution in [0.5, 0.6) is 0 Å². The molecule has 0 aliphatic carbocycles. The largest absolute Gasteiger partial charge is 0.325 e. The van der Waals surface area contributed by atoms with Crippen molar-refractivity contribution >= 4 is 34.2 Å². The fourth-order valence-electron chi connectivity index (χ4n) is 4.69. The van der Waals surface area contributed by atoms with Gasteiger partial charge in [0, 0.05) is 42.0 Å². The van der Waals surface area contributed by atoms with Crippen molar-refractivity contribution in [2.45, 2.75) is 38.6 Å². The van der Waals surface area contributed by atoms with Crippen molar-refractivity contribution in [3.63, 3.8) is 0 Å². The van der Waals surface area contributed by atoms with Crippen LogP contribution in [0.2, 0.25) is 0 Å². The fourth-order valence-corrected chi connectivity index (χ4v) is 4.69. The van der Waals surface area contributed by atoms with Gasteiger partial charge in [-0.1, -0.05) is 6.07 Å². The Morgan fingerprint density at radius 1 is 1.22 bits per heavy atom. The zero-order valence-electron chi connectivity index (χ0n) is 18.3. The lowest BCUT2D eigenvalue weighted by molar-refractivity contribution is -0.119. The third kappa shape index (κ3) is 3.82. The minimum atomic E-state index is -0.0675. The van der Waals surface area contributed by atoms with E-state index in [-0.39, 0.29) is 24.4 Å². The number of likely N-dealkylation sites (tertiary alicyclic amines) is 1. The Bertz CT molecular complexity index is 1210. The van der Waals surface area contributed by atoms with Crippen LogP contribution in [0.15, 0.2) is 36.5 Å². The van der Waals surface area contributed by atoms with Gasteiger partial charge in [-0.3, -0.25) is 24.4 Å². The highest BCUT2D eigenvalue weighted by molar-refractivity contribution is 5.95. The number of carbonyl (C=O) groups excluding carboxylic acids is 2. The Morgan fingerprint density at radius 2 is 2.09 bits per heavy atom. The number of hydrogen-bond acceptors (Lipinski definition) is 6.